The number of rotatable bonds is 4. The summed E-state index contributed by atoms with van der Waals surface area (Å²) in [4.78, 5) is 37.9. The average Bonchev–Trinajstić information content (AvgIpc) is 2.96. The number of aliphatic hydroxyl groups is 1. The molecule has 4 rings (SSSR count). The molecule has 0 radical (unpaired) electrons. The van der Waals surface area contributed by atoms with Crippen molar-refractivity contribution in [2.24, 2.45) is 34.5 Å². The molecule has 0 amide bonds. The first-order valence-electron chi connectivity index (χ1n) is 12.1. The molecule has 0 bridgehead atoms. The lowest BCUT2D eigenvalue weighted by molar-refractivity contribution is -0.257. The van der Waals surface area contributed by atoms with Crippen LogP contribution in [0.25, 0.3) is 0 Å². The van der Waals surface area contributed by atoms with Crippen LogP contribution in [0.5, 0.6) is 0 Å². The monoisotopic (exact) mass is 470 g/mol. The first kappa shape index (κ1) is 24.1. The van der Waals surface area contributed by atoms with Crippen LogP contribution in [0.15, 0.2) is 0 Å². The molecule has 4 aliphatic carbocycles. The number of aliphatic hydroxyl groups excluding tert-OH is 1. The SMILES string of the molecule is CCC(=O)O[C@]1(C(=O)CCl)[C@@H](C)C[C@H]2[C@@H]3CC[C@H]4CC(=O)CC[C@]4(C)[C@@]3(F)[C@@H](O)C[C@@]21C. The highest BCUT2D eigenvalue weighted by molar-refractivity contribution is 6.29. The lowest BCUT2D eigenvalue weighted by Crippen LogP contribution is -2.71. The molecule has 7 heteroatoms. The fourth-order valence-corrected chi connectivity index (χ4v) is 8.79. The number of alkyl halides is 2. The maximum atomic E-state index is 17.3. The fraction of sp³-hybridized carbons (Fsp3) is 0.880. The molecule has 4 saturated carbocycles. The van der Waals surface area contributed by atoms with E-state index in [1.54, 1.807) is 6.92 Å². The van der Waals surface area contributed by atoms with Crippen LogP contribution in [0.4, 0.5) is 4.39 Å². The van der Waals surface area contributed by atoms with Crippen LogP contribution in [-0.2, 0) is 19.1 Å². The molecule has 0 heterocycles. The molecule has 0 aromatic rings. The molecular weight excluding hydrogens is 435 g/mol. The van der Waals surface area contributed by atoms with E-state index in [1.807, 2.05) is 20.8 Å². The highest BCUT2D eigenvalue weighted by Crippen LogP contribution is 2.72. The van der Waals surface area contributed by atoms with Gasteiger partial charge in [0.25, 0.3) is 0 Å². The van der Waals surface area contributed by atoms with Gasteiger partial charge in [0.15, 0.2) is 11.4 Å². The number of ketones is 2. The van der Waals surface area contributed by atoms with Crippen LogP contribution in [0.3, 0.4) is 0 Å². The van der Waals surface area contributed by atoms with Gasteiger partial charge in [0.1, 0.15) is 11.5 Å². The van der Waals surface area contributed by atoms with E-state index >= 15 is 4.39 Å². The first-order valence-corrected chi connectivity index (χ1v) is 12.7. The number of Topliss-reactive ketones (excluding diaryl/α,β-unsaturated/α-hetero) is 2. The predicted molar refractivity (Wildman–Crippen MR) is 118 cm³/mol. The van der Waals surface area contributed by atoms with Gasteiger partial charge in [0.05, 0.1) is 12.0 Å². The maximum Gasteiger partial charge on any atom is 0.306 e. The van der Waals surface area contributed by atoms with Gasteiger partial charge in [-0.25, -0.2) is 4.39 Å². The molecule has 0 spiro atoms. The summed E-state index contributed by atoms with van der Waals surface area (Å²) in [6.45, 7) is 7.36. The largest absolute Gasteiger partial charge is 0.450 e. The van der Waals surface area contributed by atoms with Crippen LogP contribution in [0.1, 0.15) is 79.1 Å². The molecule has 0 aliphatic heterocycles. The van der Waals surface area contributed by atoms with Crippen molar-refractivity contribution in [1.82, 2.24) is 0 Å². The maximum absolute atomic E-state index is 17.3. The molecule has 32 heavy (non-hydrogen) atoms. The number of hydrogen-bond donors (Lipinski definition) is 1. The van der Waals surface area contributed by atoms with E-state index in [2.05, 4.69) is 0 Å². The number of esters is 1. The molecule has 1 N–H and O–H groups in total. The second-order valence-corrected chi connectivity index (χ2v) is 11.6. The molecular formula is C25H36ClFO5. The molecule has 0 unspecified atom stereocenters. The molecule has 5 nitrogen and oxygen atoms in total. The number of fused-ring (bicyclic) bond motifs is 5. The van der Waals surface area contributed by atoms with E-state index < -0.39 is 40.1 Å². The topological polar surface area (TPSA) is 80.7 Å². The first-order chi connectivity index (χ1) is 14.9. The van der Waals surface area contributed by atoms with Gasteiger partial charge >= 0.3 is 5.97 Å². The van der Waals surface area contributed by atoms with Gasteiger partial charge in [-0.15, -0.1) is 11.6 Å². The molecule has 4 fully saturated rings. The Morgan fingerprint density at radius 3 is 2.53 bits per heavy atom. The van der Waals surface area contributed by atoms with Crippen molar-refractivity contribution in [2.45, 2.75) is 96.4 Å². The molecule has 180 valence electrons. The van der Waals surface area contributed by atoms with E-state index in [-0.39, 0.29) is 48.0 Å². The molecule has 0 aromatic carbocycles. The van der Waals surface area contributed by atoms with Gasteiger partial charge in [-0.05, 0) is 49.9 Å². The van der Waals surface area contributed by atoms with E-state index in [4.69, 9.17) is 16.3 Å². The van der Waals surface area contributed by atoms with Crippen LogP contribution in [-0.4, -0.2) is 45.9 Å². The third kappa shape index (κ3) is 2.80. The minimum atomic E-state index is -1.84. The number of ether oxygens (including phenoxy) is 1. The van der Waals surface area contributed by atoms with Gasteiger partial charge in [0, 0.05) is 36.0 Å². The second-order valence-electron chi connectivity index (χ2n) is 11.3. The lowest BCUT2D eigenvalue weighted by atomic mass is 9.42. The van der Waals surface area contributed by atoms with Crippen LogP contribution in [0.2, 0.25) is 0 Å². The van der Waals surface area contributed by atoms with E-state index in [0.29, 0.717) is 32.1 Å². The summed E-state index contributed by atoms with van der Waals surface area (Å²) >= 11 is 6.03. The third-order valence-corrected chi connectivity index (χ3v) is 10.4. The van der Waals surface area contributed by atoms with Crippen LogP contribution >= 0.6 is 11.6 Å². The van der Waals surface area contributed by atoms with Crippen LogP contribution < -0.4 is 0 Å². The minimum absolute atomic E-state index is 0.0326. The van der Waals surface area contributed by atoms with E-state index in [0.717, 1.165) is 6.42 Å². The fourth-order valence-electron chi connectivity index (χ4n) is 8.59. The third-order valence-electron chi connectivity index (χ3n) is 10.2. The number of halogens is 2. The standard InChI is InChI=1S/C25H36ClFO5/c1-5-21(31)32-25(20(30)13-26)14(2)10-18-17-7-6-15-11-16(28)8-9-22(15,3)24(17,27)19(29)12-23(18,25)4/h14-15,17-19,29H,5-13H2,1-4H3/t14-,15-,17-,18-,19-,22-,23-,24-,25-/m0/s1. The molecule has 0 aromatic heterocycles. The number of carbonyl (C=O) groups is 3. The van der Waals surface area contributed by atoms with Gasteiger partial charge in [0.2, 0.25) is 0 Å². The van der Waals surface area contributed by atoms with Gasteiger partial charge < -0.3 is 9.84 Å². The van der Waals surface area contributed by atoms with Crippen molar-refractivity contribution in [3.8, 4) is 0 Å². The normalized spacial score (nSPS) is 50.2. The molecule has 4 aliphatic rings. The zero-order chi connectivity index (χ0) is 23.7. The molecule has 0 saturated heterocycles. The highest BCUT2D eigenvalue weighted by atomic mass is 35.5. The van der Waals surface area contributed by atoms with E-state index in [9.17, 15) is 19.5 Å². The number of carbonyl (C=O) groups excluding carboxylic acids is 3. The van der Waals surface area contributed by atoms with Crippen molar-refractivity contribution in [1.29, 1.82) is 0 Å². The van der Waals surface area contributed by atoms with Crippen molar-refractivity contribution in [2.75, 3.05) is 5.88 Å². The predicted octanol–water partition coefficient (Wildman–Crippen LogP) is 4.41. The summed E-state index contributed by atoms with van der Waals surface area (Å²) in [7, 11) is 0. The Balaban J connectivity index is 1.81. The Labute approximate surface area is 194 Å². The van der Waals surface area contributed by atoms with Gasteiger partial charge in [-0.1, -0.05) is 27.7 Å². The van der Waals surface area contributed by atoms with Crippen molar-refractivity contribution in [3.63, 3.8) is 0 Å². The Bertz CT molecular complexity index is 833. The Morgan fingerprint density at radius 2 is 1.91 bits per heavy atom. The second kappa shape index (κ2) is 7.76. The van der Waals surface area contributed by atoms with Crippen molar-refractivity contribution >= 4 is 29.1 Å². The zero-order valence-corrected chi connectivity index (χ0v) is 20.3. The Morgan fingerprint density at radius 1 is 1.22 bits per heavy atom. The summed E-state index contributed by atoms with van der Waals surface area (Å²) in [5, 5.41) is 11.5. The highest BCUT2D eigenvalue weighted by Gasteiger charge is 2.77. The molecule has 9 atom stereocenters. The Kier molecular flexibility index (Phi) is 5.85. The van der Waals surface area contributed by atoms with Gasteiger partial charge in [-0.3, -0.25) is 14.4 Å². The van der Waals surface area contributed by atoms with Gasteiger partial charge in [-0.2, -0.15) is 0 Å². The zero-order valence-electron chi connectivity index (χ0n) is 19.6. The summed E-state index contributed by atoms with van der Waals surface area (Å²) < 4.78 is 23.2. The Hall–Kier alpha value is -1.01. The smallest absolute Gasteiger partial charge is 0.306 e. The van der Waals surface area contributed by atoms with E-state index in [1.165, 1.54) is 0 Å². The summed E-state index contributed by atoms with van der Waals surface area (Å²) in [5.41, 5.74) is -4.99. The lowest BCUT2D eigenvalue weighted by Gasteiger charge is -2.65. The van der Waals surface area contributed by atoms with Crippen LogP contribution in [0, 0.1) is 34.5 Å². The average molecular weight is 471 g/mol. The minimum Gasteiger partial charge on any atom is -0.450 e. The summed E-state index contributed by atoms with van der Waals surface area (Å²) in [6, 6.07) is 0. The quantitative estimate of drug-likeness (QED) is 0.486. The summed E-state index contributed by atoms with van der Waals surface area (Å²) in [6.07, 6.45) is 1.85. The van der Waals surface area contributed by atoms with Crippen molar-refractivity contribution in [3.05, 3.63) is 0 Å². The summed E-state index contributed by atoms with van der Waals surface area (Å²) in [5.74, 6) is -2.05. The van der Waals surface area contributed by atoms with Crippen molar-refractivity contribution < 1.29 is 28.6 Å². The number of hydrogen-bond acceptors (Lipinski definition) is 5.